The average molecular weight is 261 g/mol. The third-order valence-corrected chi connectivity index (χ3v) is 3.05. The number of hydrogen-bond donors (Lipinski definition) is 2. The highest BCUT2D eigenvalue weighted by Crippen LogP contribution is 2.11. The van der Waals surface area contributed by atoms with E-state index in [9.17, 15) is 14.4 Å². The van der Waals surface area contributed by atoms with Gasteiger partial charge in [0.1, 0.15) is 12.6 Å². The molecular formula is C13H15N3O3. The second-order valence-corrected chi connectivity index (χ2v) is 4.53. The van der Waals surface area contributed by atoms with E-state index in [0.717, 1.165) is 5.56 Å². The molecule has 6 nitrogen and oxygen atoms in total. The summed E-state index contributed by atoms with van der Waals surface area (Å²) in [5.41, 5.74) is 6.98. The van der Waals surface area contributed by atoms with Gasteiger partial charge in [-0.2, -0.15) is 0 Å². The van der Waals surface area contributed by atoms with E-state index >= 15 is 0 Å². The summed E-state index contributed by atoms with van der Waals surface area (Å²) in [4.78, 5) is 36.2. The minimum atomic E-state index is -0.633. The van der Waals surface area contributed by atoms with Crippen molar-refractivity contribution in [3.8, 4) is 0 Å². The number of amides is 3. The Labute approximate surface area is 110 Å². The molecule has 1 aromatic carbocycles. The van der Waals surface area contributed by atoms with Crippen molar-refractivity contribution in [2.45, 2.75) is 19.4 Å². The SMILES string of the molecule is CC1C(=O)NC(=O)CN1C(=O)Cc1cccc(N)c1. The van der Waals surface area contributed by atoms with Gasteiger partial charge in [-0.1, -0.05) is 12.1 Å². The molecule has 1 saturated heterocycles. The van der Waals surface area contributed by atoms with Crippen molar-refractivity contribution in [1.29, 1.82) is 0 Å². The molecule has 6 heteroatoms. The first-order chi connectivity index (χ1) is 8.97. The summed E-state index contributed by atoms with van der Waals surface area (Å²) < 4.78 is 0. The van der Waals surface area contributed by atoms with Crippen LogP contribution in [-0.2, 0) is 20.8 Å². The van der Waals surface area contributed by atoms with Crippen molar-refractivity contribution in [1.82, 2.24) is 10.2 Å². The lowest BCUT2D eigenvalue weighted by Gasteiger charge is -2.31. The number of benzene rings is 1. The highest BCUT2D eigenvalue weighted by atomic mass is 16.2. The lowest BCUT2D eigenvalue weighted by Crippen LogP contribution is -2.58. The molecule has 1 fully saturated rings. The van der Waals surface area contributed by atoms with Crippen LogP contribution >= 0.6 is 0 Å². The predicted molar refractivity (Wildman–Crippen MR) is 68.9 cm³/mol. The normalized spacial score (nSPS) is 19.2. The highest BCUT2D eigenvalue weighted by molar-refractivity contribution is 6.04. The third-order valence-electron chi connectivity index (χ3n) is 3.05. The lowest BCUT2D eigenvalue weighted by molar-refractivity contribution is -0.149. The Balaban J connectivity index is 2.11. The molecule has 100 valence electrons. The lowest BCUT2D eigenvalue weighted by atomic mass is 10.1. The second kappa shape index (κ2) is 5.09. The number of anilines is 1. The van der Waals surface area contributed by atoms with Gasteiger partial charge in [-0.05, 0) is 24.6 Å². The Bertz CT molecular complexity index is 542. The van der Waals surface area contributed by atoms with Gasteiger partial charge in [0, 0.05) is 5.69 Å². The summed E-state index contributed by atoms with van der Waals surface area (Å²) in [5.74, 6) is -1.16. The topological polar surface area (TPSA) is 92.5 Å². The first-order valence-electron chi connectivity index (χ1n) is 5.95. The van der Waals surface area contributed by atoms with Crippen molar-refractivity contribution in [2.24, 2.45) is 0 Å². The quantitative estimate of drug-likeness (QED) is 0.564. The van der Waals surface area contributed by atoms with Crippen molar-refractivity contribution in [3.05, 3.63) is 29.8 Å². The van der Waals surface area contributed by atoms with Crippen molar-refractivity contribution < 1.29 is 14.4 Å². The van der Waals surface area contributed by atoms with E-state index in [1.807, 2.05) is 0 Å². The Hall–Kier alpha value is -2.37. The van der Waals surface area contributed by atoms with Gasteiger partial charge >= 0.3 is 0 Å². The van der Waals surface area contributed by atoms with Gasteiger partial charge in [0.2, 0.25) is 17.7 Å². The third kappa shape index (κ3) is 2.90. The summed E-state index contributed by atoms with van der Waals surface area (Å²) in [6.07, 6.45) is 0.121. The Kier molecular flexibility index (Phi) is 3.50. The van der Waals surface area contributed by atoms with E-state index in [-0.39, 0.29) is 18.9 Å². The molecule has 19 heavy (non-hydrogen) atoms. The fourth-order valence-corrected chi connectivity index (χ4v) is 2.00. The molecule has 0 radical (unpaired) electrons. The maximum Gasteiger partial charge on any atom is 0.249 e. The molecule has 3 N–H and O–H groups in total. The number of carbonyl (C=O) groups is 3. The van der Waals surface area contributed by atoms with Crippen molar-refractivity contribution in [2.75, 3.05) is 12.3 Å². The molecule has 3 amide bonds. The molecule has 1 unspecified atom stereocenters. The maximum atomic E-state index is 12.1. The summed E-state index contributed by atoms with van der Waals surface area (Å²) in [5, 5.41) is 2.20. The molecule has 1 aliphatic rings. The monoisotopic (exact) mass is 261 g/mol. The first kappa shape index (κ1) is 13.1. The predicted octanol–water partition coefficient (Wildman–Crippen LogP) is -0.315. The number of hydrogen-bond acceptors (Lipinski definition) is 4. The summed E-state index contributed by atoms with van der Waals surface area (Å²) in [6.45, 7) is 1.51. The fourth-order valence-electron chi connectivity index (χ4n) is 2.00. The Morgan fingerprint density at radius 3 is 2.89 bits per heavy atom. The van der Waals surface area contributed by atoms with Crippen LogP contribution in [0.1, 0.15) is 12.5 Å². The molecular weight excluding hydrogens is 246 g/mol. The summed E-state index contributed by atoms with van der Waals surface area (Å²) >= 11 is 0. The standard InChI is InChI=1S/C13H15N3O3/c1-8-13(19)15-11(17)7-16(8)12(18)6-9-3-2-4-10(14)5-9/h2-5,8H,6-7,14H2,1H3,(H,15,17,19). The molecule has 1 heterocycles. The molecule has 1 aliphatic heterocycles. The van der Waals surface area contributed by atoms with Crippen molar-refractivity contribution in [3.63, 3.8) is 0 Å². The van der Waals surface area contributed by atoms with E-state index in [2.05, 4.69) is 5.32 Å². The van der Waals surface area contributed by atoms with E-state index in [0.29, 0.717) is 5.69 Å². The van der Waals surface area contributed by atoms with Crippen LogP contribution in [0.4, 0.5) is 5.69 Å². The smallest absolute Gasteiger partial charge is 0.249 e. The van der Waals surface area contributed by atoms with Crippen LogP contribution in [0.25, 0.3) is 0 Å². The van der Waals surface area contributed by atoms with Crippen LogP contribution in [0.5, 0.6) is 0 Å². The molecule has 1 atom stereocenters. The fraction of sp³-hybridized carbons (Fsp3) is 0.308. The summed E-state index contributed by atoms with van der Waals surface area (Å²) in [7, 11) is 0. The van der Waals surface area contributed by atoms with Gasteiger partial charge in [0.15, 0.2) is 0 Å². The molecule has 0 spiro atoms. The molecule has 2 rings (SSSR count). The first-order valence-corrected chi connectivity index (χ1v) is 5.95. The number of nitrogens with two attached hydrogens (primary N) is 1. The number of rotatable bonds is 2. The van der Waals surface area contributed by atoms with E-state index in [1.54, 1.807) is 31.2 Å². The van der Waals surface area contributed by atoms with E-state index in [4.69, 9.17) is 5.73 Å². The van der Waals surface area contributed by atoms with E-state index < -0.39 is 17.9 Å². The number of imide groups is 1. The molecule has 0 aromatic heterocycles. The zero-order chi connectivity index (χ0) is 14.0. The van der Waals surface area contributed by atoms with Crippen LogP contribution in [0.15, 0.2) is 24.3 Å². The summed E-state index contributed by atoms with van der Waals surface area (Å²) in [6, 6.07) is 6.34. The van der Waals surface area contributed by atoms with Gasteiger partial charge in [0.05, 0.1) is 6.42 Å². The minimum Gasteiger partial charge on any atom is -0.399 e. The molecule has 0 saturated carbocycles. The van der Waals surface area contributed by atoms with Crippen LogP contribution < -0.4 is 11.1 Å². The molecule has 0 bridgehead atoms. The molecule has 1 aromatic rings. The van der Waals surface area contributed by atoms with Gasteiger partial charge in [-0.3, -0.25) is 19.7 Å². The van der Waals surface area contributed by atoms with E-state index in [1.165, 1.54) is 4.90 Å². The molecule has 0 aliphatic carbocycles. The van der Waals surface area contributed by atoms with Gasteiger partial charge < -0.3 is 10.6 Å². The number of piperazine rings is 1. The largest absolute Gasteiger partial charge is 0.399 e. The Morgan fingerprint density at radius 1 is 1.47 bits per heavy atom. The van der Waals surface area contributed by atoms with Gasteiger partial charge in [0.25, 0.3) is 0 Å². The minimum absolute atomic E-state index is 0.0892. The van der Waals surface area contributed by atoms with Gasteiger partial charge in [-0.25, -0.2) is 0 Å². The number of nitrogen functional groups attached to an aromatic ring is 1. The van der Waals surface area contributed by atoms with Crippen LogP contribution in [0.3, 0.4) is 0 Å². The van der Waals surface area contributed by atoms with Gasteiger partial charge in [-0.15, -0.1) is 0 Å². The van der Waals surface area contributed by atoms with Crippen LogP contribution in [-0.4, -0.2) is 35.2 Å². The van der Waals surface area contributed by atoms with Crippen molar-refractivity contribution >= 4 is 23.4 Å². The zero-order valence-corrected chi connectivity index (χ0v) is 10.6. The second-order valence-electron chi connectivity index (χ2n) is 4.53. The number of carbonyl (C=O) groups excluding carboxylic acids is 3. The van der Waals surface area contributed by atoms with Crippen LogP contribution in [0, 0.1) is 0 Å². The Morgan fingerprint density at radius 2 is 2.21 bits per heavy atom. The number of nitrogens with one attached hydrogen (secondary N) is 1. The zero-order valence-electron chi connectivity index (χ0n) is 10.6. The highest BCUT2D eigenvalue weighted by Gasteiger charge is 2.33. The maximum absolute atomic E-state index is 12.1. The van der Waals surface area contributed by atoms with Crippen LogP contribution in [0.2, 0.25) is 0 Å². The average Bonchev–Trinajstić information content (AvgIpc) is 2.33. The number of nitrogens with zero attached hydrogens (tertiary/aromatic N) is 1.